The van der Waals surface area contributed by atoms with Gasteiger partial charge in [-0.2, -0.15) is 0 Å². The number of hydrogen-bond donors (Lipinski definition) is 0. The van der Waals surface area contributed by atoms with E-state index >= 15 is 0 Å². The largest absolute Gasteiger partial charge is 0.497 e. The number of piperidine rings is 1. The van der Waals surface area contributed by atoms with Crippen LogP contribution in [0.3, 0.4) is 0 Å². The summed E-state index contributed by atoms with van der Waals surface area (Å²) in [7, 11) is 1.68. The van der Waals surface area contributed by atoms with Crippen LogP contribution in [-0.2, 0) is 6.54 Å². The molecule has 136 valence electrons. The Bertz CT molecular complexity index is 953. The second-order valence-electron chi connectivity index (χ2n) is 6.71. The van der Waals surface area contributed by atoms with E-state index in [0.29, 0.717) is 10.6 Å². The van der Waals surface area contributed by atoms with Gasteiger partial charge >= 0.3 is 5.76 Å². The molecule has 4 rings (SSSR count). The second kappa shape index (κ2) is 7.17. The van der Waals surface area contributed by atoms with E-state index in [-0.39, 0.29) is 11.8 Å². The molecule has 26 heavy (non-hydrogen) atoms. The minimum atomic E-state index is -0.295. The van der Waals surface area contributed by atoms with E-state index in [1.807, 2.05) is 18.2 Å². The summed E-state index contributed by atoms with van der Waals surface area (Å²) in [5.41, 5.74) is 2.65. The molecule has 0 spiro atoms. The molecule has 2 heterocycles. The predicted molar refractivity (Wildman–Crippen MR) is 102 cm³/mol. The minimum absolute atomic E-state index is 0.148. The van der Waals surface area contributed by atoms with E-state index in [1.54, 1.807) is 23.8 Å². The van der Waals surface area contributed by atoms with Gasteiger partial charge in [0.1, 0.15) is 5.75 Å². The van der Waals surface area contributed by atoms with Crippen molar-refractivity contribution in [1.29, 1.82) is 0 Å². The number of methoxy groups -OCH3 is 1. The molecule has 5 nitrogen and oxygen atoms in total. The normalized spacial score (nSPS) is 16.2. The number of hydrogen-bond acceptors (Lipinski definition) is 4. The van der Waals surface area contributed by atoms with Gasteiger partial charge in [-0.25, -0.2) is 4.79 Å². The third-order valence-electron chi connectivity index (χ3n) is 5.06. The number of nitrogens with zero attached hydrogens (tertiary/aromatic N) is 2. The van der Waals surface area contributed by atoms with Gasteiger partial charge in [-0.15, -0.1) is 0 Å². The van der Waals surface area contributed by atoms with Crippen LogP contribution in [0.15, 0.2) is 51.7 Å². The quantitative estimate of drug-likeness (QED) is 0.692. The van der Waals surface area contributed by atoms with Crippen LogP contribution in [0.2, 0.25) is 5.02 Å². The van der Waals surface area contributed by atoms with Gasteiger partial charge in [-0.05, 0) is 48.7 Å². The van der Waals surface area contributed by atoms with Crippen molar-refractivity contribution in [2.75, 3.05) is 20.2 Å². The fraction of sp³-hybridized carbons (Fsp3) is 0.350. The number of fused-ring (bicyclic) bond motifs is 1. The van der Waals surface area contributed by atoms with Crippen LogP contribution in [-0.4, -0.2) is 29.7 Å². The van der Waals surface area contributed by atoms with Gasteiger partial charge in [0.2, 0.25) is 0 Å². The van der Waals surface area contributed by atoms with Crippen LogP contribution in [0.5, 0.6) is 5.75 Å². The molecule has 3 aromatic rings. The van der Waals surface area contributed by atoms with E-state index in [0.717, 1.165) is 43.7 Å². The van der Waals surface area contributed by atoms with E-state index in [4.69, 9.17) is 20.8 Å². The lowest BCUT2D eigenvalue weighted by Gasteiger charge is -2.32. The summed E-state index contributed by atoms with van der Waals surface area (Å²) in [6, 6.07) is 13.6. The maximum Gasteiger partial charge on any atom is 0.420 e. The van der Waals surface area contributed by atoms with Crippen molar-refractivity contribution in [3.05, 3.63) is 63.6 Å². The molecule has 1 saturated heterocycles. The van der Waals surface area contributed by atoms with Gasteiger partial charge in [0.25, 0.3) is 0 Å². The molecule has 0 N–H and O–H groups in total. The van der Waals surface area contributed by atoms with Gasteiger partial charge in [0, 0.05) is 30.7 Å². The first-order valence-corrected chi connectivity index (χ1v) is 9.18. The molecule has 0 atom stereocenters. The number of ether oxygens (including phenoxy) is 1. The molecule has 1 fully saturated rings. The summed E-state index contributed by atoms with van der Waals surface area (Å²) >= 11 is 6.10. The Hall–Kier alpha value is -2.24. The first kappa shape index (κ1) is 17.2. The van der Waals surface area contributed by atoms with Crippen LogP contribution in [0, 0.1) is 0 Å². The third kappa shape index (κ3) is 3.37. The lowest BCUT2D eigenvalue weighted by atomic mass is 10.0. The van der Waals surface area contributed by atoms with Crippen molar-refractivity contribution in [3.63, 3.8) is 0 Å². The summed E-state index contributed by atoms with van der Waals surface area (Å²) < 4.78 is 12.3. The molecule has 1 aliphatic heterocycles. The summed E-state index contributed by atoms with van der Waals surface area (Å²) in [6.45, 7) is 2.79. The van der Waals surface area contributed by atoms with Crippen molar-refractivity contribution in [2.45, 2.75) is 25.4 Å². The number of oxazole rings is 1. The molecule has 0 amide bonds. The van der Waals surface area contributed by atoms with Crippen molar-refractivity contribution < 1.29 is 9.15 Å². The van der Waals surface area contributed by atoms with E-state index < -0.39 is 0 Å². The Morgan fingerprint density at radius 1 is 1.15 bits per heavy atom. The molecule has 0 aliphatic carbocycles. The zero-order valence-corrected chi connectivity index (χ0v) is 15.4. The van der Waals surface area contributed by atoms with Gasteiger partial charge < -0.3 is 9.15 Å². The SMILES string of the molecule is COc1ccc(CN2CCC(n3c(=O)oc4ccc(Cl)cc43)CC2)cc1. The van der Waals surface area contributed by atoms with Crippen LogP contribution in [0.4, 0.5) is 0 Å². The molecule has 0 unspecified atom stereocenters. The average Bonchev–Trinajstić information content (AvgIpc) is 2.98. The highest BCUT2D eigenvalue weighted by molar-refractivity contribution is 6.31. The van der Waals surface area contributed by atoms with Gasteiger partial charge in [0.05, 0.1) is 12.6 Å². The molecule has 1 aliphatic rings. The monoisotopic (exact) mass is 372 g/mol. The van der Waals surface area contributed by atoms with Crippen molar-refractivity contribution in [1.82, 2.24) is 9.47 Å². The Morgan fingerprint density at radius 3 is 2.58 bits per heavy atom. The van der Waals surface area contributed by atoms with E-state index in [2.05, 4.69) is 17.0 Å². The van der Waals surface area contributed by atoms with Gasteiger partial charge in [-0.3, -0.25) is 9.47 Å². The first-order chi connectivity index (χ1) is 12.6. The Morgan fingerprint density at radius 2 is 1.88 bits per heavy atom. The Balaban J connectivity index is 1.46. The fourth-order valence-electron chi connectivity index (χ4n) is 3.68. The first-order valence-electron chi connectivity index (χ1n) is 8.80. The number of likely N-dealkylation sites (tertiary alicyclic amines) is 1. The maximum atomic E-state index is 12.3. The molecule has 0 bridgehead atoms. The highest BCUT2D eigenvalue weighted by atomic mass is 35.5. The lowest BCUT2D eigenvalue weighted by molar-refractivity contribution is 0.177. The highest BCUT2D eigenvalue weighted by Crippen LogP contribution is 2.28. The molecule has 0 saturated carbocycles. The number of benzene rings is 2. The highest BCUT2D eigenvalue weighted by Gasteiger charge is 2.24. The molecule has 6 heteroatoms. The topological polar surface area (TPSA) is 47.6 Å². The van der Waals surface area contributed by atoms with E-state index in [1.165, 1.54) is 5.56 Å². The predicted octanol–water partition coefficient (Wildman–Crippen LogP) is 4.09. The van der Waals surface area contributed by atoms with Crippen molar-refractivity contribution in [2.24, 2.45) is 0 Å². The summed E-state index contributed by atoms with van der Waals surface area (Å²) in [4.78, 5) is 14.7. The smallest absolute Gasteiger partial charge is 0.420 e. The second-order valence-corrected chi connectivity index (χ2v) is 7.14. The molecular weight excluding hydrogens is 352 g/mol. The molecule has 0 radical (unpaired) electrons. The fourth-order valence-corrected chi connectivity index (χ4v) is 3.84. The number of halogens is 1. The van der Waals surface area contributed by atoms with Gasteiger partial charge in [0.15, 0.2) is 5.58 Å². The Kier molecular flexibility index (Phi) is 4.74. The van der Waals surface area contributed by atoms with Crippen molar-refractivity contribution in [3.8, 4) is 5.75 Å². The zero-order chi connectivity index (χ0) is 18.1. The molecule has 1 aromatic heterocycles. The number of aromatic nitrogens is 1. The third-order valence-corrected chi connectivity index (χ3v) is 5.30. The summed E-state index contributed by atoms with van der Waals surface area (Å²) in [5, 5.41) is 0.615. The standard InChI is InChI=1S/C20H21ClN2O3/c1-25-17-5-2-14(3-6-17)13-22-10-8-16(9-11-22)23-18-12-15(21)4-7-19(18)26-20(23)24/h2-7,12,16H,8-11,13H2,1H3. The molecule has 2 aromatic carbocycles. The average molecular weight is 373 g/mol. The van der Waals surface area contributed by atoms with Crippen LogP contribution in [0.25, 0.3) is 11.1 Å². The lowest BCUT2D eigenvalue weighted by Crippen LogP contribution is -2.36. The van der Waals surface area contributed by atoms with Gasteiger partial charge in [-0.1, -0.05) is 23.7 Å². The zero-order valence-electron chi connectivity index (χ0n) is 14.7. The van der Waals surface area contributed by atoms with Crippen LogP contribution in [0.1, 0.15) is 24.4 Å². The minimum Gasteiger partial charge on any atom is -0.497 e. The summed E-state index contributed by atoms with van der Waals surface area (Å²) in [6.07, 6.45) is 1.83. The summed E-state index contributed by atoms with van der Waals surface area (Å²) in [5.74, 6) is 0.577. The molecular formula is C20H21ClN2O3. The number of rotatable bonds is 4. The van der Waals surface area contributed by atoms with E-state index in [9.17, 15) is 4.79 Å². The van der Waals surface area contributed by atoms with Crippen LogP contribution >= 0.6 is 11.6 Å². The Labute approximate surface area is 156 Å². The maximum absolute atomic E-state index is 12.3. The van der Waals surface area contributed by atoms with Crippen molar-refractivity contribution >= 4 is 22.7 Å². The van der Waals surface area contributed by atoms with Crippen LogP contribution < -0.4 is 10.5 Å².